The van der Waals surface area contributed by atoms with Crippen LogP contribution in [0.2, 0.25) is 0 Å². The maximum atomic E-state index is 12.1. The average Bonchev–Trinajstić information content (AvgIpc) is 2.97. The first-order valence-corrected chi connectivity index (χ1v) is 7.05. The number of nitrogens with zero attached hydrogens (tertiary/aromatic N) is 4. The van der Waals surface area contributed by atoms with Gasteiger partial charge >= 0.3 is 0 Å². The van der Waals surface area contributed by atoms with Gasteiger partial charge in [0.05, 0.1) is 5.69 Å². The van der Waals surface area contributed by atoms with Gasteiger partial charge < -0.3 is 5.32 Å². The number of ketones is 1. The largest absolute Gasteiger partial charge is 0.309 e. The first-order valence-electron chi connectivity index (χ1n) is 7.05. The molecule has 2 aromatic rings. The summed E-state index contributed by atoms with van der Waals surface area (Å²) in [5, 5.41) is 11.3. The number of aromatic nitrogens is 4. The number of hydrogen-bond donors (Lipinski definition) is 1. The summed E-state index contributed by atoms with van der Waals surface area (Å²) in [5.41, 5.74) is 1.17. The van der Waals surface area contributed by atoms with E-state index in [0.717, 1.165) is 5.69 Å². The lowest BCUT2D eigenvalue weighted by Crippen LogP contribution is -2.20. The van der Waals surface area contributed by atoms with Crippen LogP contribution >= 0.6 is 0 Å². The van der Waals surface area contributed by atoms with Gasteiger partial charge in [0, 0.05) is 31.6 Å². The molecule has 0 bridgehead atoms. The van der Waals surface area contributed by atoms with E-state index >= 15 is 0 Å². The summed E-state index contributed by atoms with van der Waals surface area (Å²) in [7, 11) is 1.78. The van der Waals surface area contributed by atoms with E-state index in [1.54, 1.807) is 24.0 Å². The number of aryl methyl sites for hydroxylation is 1. The number of Topliss-reactive ketones (excluding diaryl/α,β-unsaturated/α-hetero) is 1. The predicted molar refractivity (Wildman–Crippen MR) is 82.8 cm³/mol. The first kappa shape index (κ1) is 15.9. The zero-order valence-electron chi connectivity index (χ0n) is 13.5. The van der Waals surface area contributed by atoms with Crippen LogP contribution in [0.3, 0.4) is 0 Å². The molecule has 22 heavy (non-hydrogen) atoms. The van der Waals surface area contributed by atoms with Crippen molar-refractivity contribution in [3.63, 3.8) is 0 Å². The monoisotopic (exact) mass is 303 g/mol. The summed E-state index contributed by atoms with van der Waals surface area (Å²) < 4.78 is 3.08. The number of nitrogens with one attached hydrogen (secondary N) is 1. The second kappa shape index (κ2) is 5.75. The van der Waals surface area contributed by atoms with Crippen molar-refractivity contribution in [2.75, 3.05) is 5.32 Å². The number of anilines is 1. The van der Waals surface area contributed by atoms with Crippen LogP contribution in [0.15, 0.2) is 18.3 Å². The standard InChI is InChI=1S/C15H21N5O2/c1-10(21)11-6-7-20(17-11)9-14(22)16-13-8-12(15(2,3)4)18-19(13)5/h6-8H,9H2,1-5H3,(H,16,22). The molecule has 0 unspecified atom stereocenters. The van der Waals surface area contributed by atoms with Gasteiger partial charge in [-0.2, -0.15) is 10.2 Å². The number of amides is 1. The molecule has 2 aromatic heterocycles. The Hall–Kier alpha value is -2.44. The molecule has 1 amide bonds. The lowest BCUT2D eigenvalue weighted by atomic mass is 9.92. The average molecular weight is 303 g/mol. The molecule has 0 fully saturated rings. The van der Waals surface area contributed by atoms with Crippen LogP contribution in [0.25, 0.3) is 0 Å². The molecule has 118 valence electrons. The Balaban J connectivity index is 2.05. The van der Waals surface area contributed by atoms with E-state index in [-0.39, 0.29) is 23.7 Å². The summed E-state index contributed by atoms with van der Waals surface area (Å²) in [4.78, 5) is 23.3. The van der Waals surface area contributed by atoms with E-state index in [9.17, 15) is 9.59 Å². The Morgan fingerprint density at radius 3 is 2.45 bits per heavy atom. The van der Waals surface area contributed by atoms with Gasteiger partial charge in [0.1, 0.15) is 18.1 Å². The van der Waals surface area contributed by atoms with Crippen LogP contribution in [0.4, 0.5) is 5.82 Å². The van der Waals surface area contributed by atoms with Gasteiger partial charge in [0.2, 0.25) is 5.91 Å². The van der Waals surface area contributed by atoms with Gasteiger partial charge in [-0.1, -0.05) is 20.8 Å². The SMILES string of the molecule is CC(=O)c1ccn(CC(=O)Nc2cc(C(C)(C)C)nn2C)n1. The van der Waals surface area contributed by atoms with Crippen LogP contribution in [0.1, 0.15) is 43.9 Å². The van der Waals surface area contributed by atoms with Gasteiger partial charge in [-0.25, -0.2) is 0 Å². The maximum absolute atomic E-state index is 12.1. The highest BCUT2D eigenvalue weighted by Gasteiger charge is 2.19. The lowest BCUT2D eigenvalue weighted by molar-refractivity contribution is -0.117. The van der Waals surface area contributed by atoms with Crippen LogP contribution in [-0.4, -0.2) is 31.3 Å². The fraction of sp³-hybridized carbons (Fsp3) is 0.467. The molecule has 2 rings (SSSR count). The van der Waals surface area contributed by atoms with E-state index in [0.29, 0.717) is 11.5 Å². The van der Waals surface area contributed by atoms with Crippen LogP contribution < -0.4 is 5.32 Å². The van der Waals surface area contributed by atoms with E-state index in [2.05, 4.69) is 36.3 Å². The Bertz CT molecular complexity index is 706. The Morgan fingerprint density at radius 1 is 1.27 bits per heavy atom. The number of carbonyl (C=O) groups is 2. The molecule has 7 nitrogen and oxygen atoms in total. The van der Waals surface area contributed by atoms with Crippen LogP contribution in [-0.2, 0) is 23.8 Å². The lowest BCUT2D eigenvalue weighted by Gasteiger charge is -2.13. The van der Waals surface area contributed by atoms with Crippen molar-refractivity contribution in [3.8, 4) is 0 Å². The maximum Gasteiger partial charge on any atom is 0.247 e. The normalized spacial score (nSPS) is 11.5. The second-order valence-electron chi connectivity index (χ2n) is 6.29. The highest BCUT2D eigenvalue weighted by Crippen LogP contribution is 2.23. The number of rotatable bonds is 4. The van der Waals surface area contributed by atoms with Crippen molar-refractivity contribution in [1.29, 1.82) is 0 Å². The van der Waals surface area contributed by atoms with E-state index in [1.807, 2.05) is 6.07 Å². The van der Waals surface area contributed by atoms with Crippen molar-refractivity contribution in [2.45, 2.75) is 39.7 Å². The second-order valence-corrected chi connectivity index (χ2v) is 6.29. The highest BCUT2D eigenvalue weighted by molar-refractivity contribution is 5.92. The molecule has 0 aliphatic carbocycles. The zero-order chi connectivity index (χ0) is 16.5. The Labute approximate surface area is 129 Å². The summed E-state index contributed by atoms with van der Waals surface area (Å²) in [6.07, 6.45) is 1.61. The quantitative estimate of drug-likeness (QED) is 0.872. The molecule has 0 aromatic carbocycles. The predicted octanol–water partition coefficient (Wildman–Crippen LogP) is 1.76. The minimum absolute atomic E-state index is 0.0450. The zero-order valence-corrected chi connectivity index (χ0v) is 13.5. The summed E-state index contributed by atoms with van der Waals surface area (Å²) in [6.45, 7) is 7.68. The van der Waals surface area contributed by atoms with Crippen molar-refractivity contribution < 1.29 is 9.59 Å². The van der Waals surface area contributed by atoms with Crippen molar-refractivity contribution in [2.24, 2.45) is 7.05 Å². The van der Waals surface area contributed by atoms with E-state index < -0.39 is 0 Å². The molecule has 2 heterocycles. The minimum atomic E-state index is -0.221. The topological polar surface area (TPSA) is 81.8 Å². The smallest absolute Gasteiger partial charge is 0.247 e. The molecule has 7 heteroatoms. The van der Waals surface area contributed by atoms with Crippen LogP contribution in [0.5, 0.6) is 0 Å². The molecule has 0 radical (unpaired) electrons. The summed E-state index contributed by atoms with van der Waals surface area (Å²) >= 11 is 0. The van der Waals surface area contributed by atoms with E-state index in [1.165, 1.54) is 11.6 Å². The number of hydrogen-bond acceptors (Lipinski definition) is 4. The Kier molecular flexibility index (Phi) is 4.16. The minimum Gasteiger partial charge on any atom is -0.309 e. The van der Waals surface area contributed by atoms with Crippen molar-refractivity contribution in [1.82, 2.24) is 19.6 Å². The third-order valence-corrected chi connectivity index (χ3v) is 3.22. The fourth-order valence-corrected chi connectivity index (χ4v) is 1.92. The molecular weight excluding hydrogens is 282 g/mol. The third kappa shape index (κ3) is 3.60. The van der Waals surface area contributed by atoms with Gasteiger partial charge in [-0.15, -0.1) is 0 Å². The molecule has 0 aliphatic heterocycles. The van der Waals surface area contributed by atoms with Gasteiger partial charge in [0.15, 0.2) is 5.78 Å². The first-order chi connectivity index (χ1) is 10.2. The molecule has 1 N–H and O–H groups in total. The van der Waals surface area contributed by atoms with Crippen LogP contribution in [0, 0.1) is 0 Å². The van der Waals surface area contributed by atoms with Gasteiger partial charge in [-0.05, 0) is 6.07 Å². The molecule has 0 atom stereocenters. The Morgan fingerprint density at radius 2 is 1.95 bits per heavy atom. The van der Waals surface area contributed by atoms with Gasteiger partial charge in [0.25, 0.3) is 0 Å². The molecule has 0 saturated heterocycles. The summed E-state index contributed by atoms with van der Waals surface area (Å²) in [6, 6.07) is 3.46. The highest BCUT2D eigenvalue weighted by atomic mass is 16.2. The molecule has 0 saturated carbocycles. The summed E-state index contributed by atoms with van der Waals surface area (Å²) in [5.74, 6) is 0.288. The molecular formula is C15H21N5O2. The third-order valence-electron chi connectivity index (χ3n) is 3.22. The molecule has 0 aliphatic rings. The van der Waals surface area contributed by atoms with Gasteiger partial charge in [-0.3, -0.25) is 19.0 Å². The van der Waals surface area contributed by atoms with Crippen molar-refractivity contribution in [3.05, 3.63) is 29.7 Å². The fourth-order valence-electron chi connectivity index (χ4n) is 1.92. The number of carbonyl (C=O) groups excluding carboxylic acids is 2. The van der Waals surface area contributed by atoms with Crippen molar-refractivity contribution >= 4 is 17.5 Å². The van der Waals surface area contributed by atoms with E-state index in [4.69, 9.17) is 0 Å². The molecule has 0 spiro atoms.